The summed E-state index contributed by atoms with van der Waals surface area (Å²) in [4.78, 5) is 15.0. The van der Waals surface area contributed by atoms with E-state index >= 15 is 0 Å². The maximum absolute atomic E-state index is 13.0. The summed E-state index contributed by atoms with van der Waals surface area (Å²) < 4.78 is 16.6. The molecule has 27 heavy (non-hydrogen) atoms. The molecule has 144 valence electrons. The molecule has 4 N–H and O–H groups in total. The lowest BCUT2D eigenvalue weighted by Gasteiger charge is -2.40. The van der Waals surface area contributed by atoms with Crippen LogP contribution in [0, 0.1) is 0 Å². The Labute approximate surface area is 154 Å². The number of carbonyl (C=O) groups is 1. The van der Waals surface area contributed by atoms with E-state index in [2.05, 4.69) is 5.32 Å². The Morgan fingerprint density at radius 2 is 1.89 bits per heavy atom. The zero-order chi connectivity index (χ0) is 18.7. The minimum Gasteiger partial charge on any atom is -0.453 e. The molecule has 1 aromatic rings. The van der Waals surface area contributed by atoms with Gasteiger partial charge in [-0.2, -0.15) is 0 Å². The number of ether oxygens (including phenoxy) is 3. The van der Waals surface area contributed by atoms with Gasteiger partial charge in [-0.1, -0.05) is 0 Å². The van der Waals surface area contributed by atoms with Crippen molar-refractivity contribution in [2.45, 2.75) is 24.4 Å². The summed E-state index contributed by atoms with van der Waals surface area (Å²) in [7, 11) is 0. The monoisotopic (exact) mass is 376 g/mol. The Bertz CT molecular complexity index is 833. The van der Waals surface area contributed by atoms with Crippen LogP contribution < -0.4 is 19.7 Å². The Morgan fingerprint density at radius 1 is 1.11 bits per heavy atom. The van der Waals surface area contributed by atoms with Crippen molar-refractivity contribution in [1.29, 1.82) is 0 Å². The Balaban J connectivity index is 1.72. The first kappa shape index (κ1) is 16.8. The SMILES string of the molecule is O=C1N[C@@H]2C(=C[C@H](O)[C@@H](O)[C@H]2O)c2cc3c(c(N4CCOCC4)c21)OCO3. The number of aliphatic hydroxyl groups excluding tert-OH is 3. The fourth-order valence-corrected chi connectivity index (χ4v) is 4.17. The number of morpholine rings is 1. The van der Waals surface area contributed by atoms with E-state index in [0.717, 1.165) is 0 Å². The van der Waals surface area contributed by atoms with Crippen LogP contribution >= 0.6 is 0 Å². The molecule has 9 nitrogen and oxygen atoms in total. The van der Waals surface area contributed by atoms with E-state index in [9.17, 15) is 20.1 Å². The minimum absolute atomic E-state index is 0.0592. The van der Waals surface area contributed by atoms with E-state index in [0.29, 0.717) is 60.2 Å². The predicted molar refractivity (Wildman–Crippen MR) is 92.8 cm³/mol. The molecule has 0 spiro atoms. The maximum atomic E-state index is 13.0. The van der Waals surface area contributed by atoms with Crippen LogP contribution in [0.1, 0.15) is 15.9 Å². The number of hydrogen-bond acceptors (Lipinski definition) is 8. The van der Waals surface area contributed by atoms with Crippen molar-refractivity contribution < 1.29 is 34.3 Å². The van der Waals surface area contributed by atoms with Gasteiger partial charge < -0.3 is 39.7 Å². The molecule has 0 bridgehead atoms. The van der Waals surface area contributed by atoms with Crippen molar-refractivity contribution in [2.75, 3.05) is 38.0 Å². The smallest absolute Gasteiger partial charge is 0.254 e. The lowest BCUT2D eigenvalue weighted by atomic mass is 9.79. The second kappa shape index (κ2) is 6.10. The van der Waals surface area contributed by atoms with Crippen molar-refractivity contribution in [1.82, 2.24) is 5.32 Å². The molecule has 1 aliphatic carbocycles. The summed E-state index contributed by atoms with van der Waals surface area (Å²) >= 11 is 0. The first-order chi connectivity index (χ1) is 13.1. The molecule has 3 aliphatic heterocycles. The third-order valence-electron chi connectivity index (χ3n) is 5.52. The molecule has 5 rings (SSSR count). The van der Waals surface area contributed by atoms with Crippen LogP contribution in [0.15, 0.2) is 12.1 Å². The zero-order valence-corrected chi connectivity index (χ0v) is 14.4. The zero-order valence-electron chi connectivity index (χ0n) is 14.4. The van der Waals surface area contributed by atoms with Crippen molar-refractivity contribution in [3.05, 3.63) is 23.3 Å². The summed E-state index contributed by atoms with van der Waals surface area (Å²) in [5.41, 5.74) is 2.18. The number of benzene rings is 1. The van der Waals surface area contributed by atoms with Gasteiger partial charge >= 0.3 is 0 Å². The quantitative estimate of drug-likeness (QED) is 0.485. The summed E-state index contributed by atoms with van der Waals surface area (Å²) in [6, 6.07) is 0.900. The highest BCUT2D eigenvalue weighted by atomic mass is 16.7. The van der Waals surface area contributed by atoms with Crippen molar-refractivity contribution in [2.24, 2.45) is 0 Å². The summed E-state index contributed by atoms with van der Waals surface area (Å²) in [6.07, 6.45) is -2.43. The van der Waals surface area contributed by atoms with Gasteiger partial charge in [0.05, 0.1) is 30.5 Å². The van der Waals surface area contributed by atoms with Crippen molar-refractivity contribution in [3.8, 4) is 11.5 Å². The van der Waals surface area contributed by atoms with E-state index in [1.54, 1.807) is 6.07 Å². The van der Waals surface area contributed by atoms with Gasteiger partial charge in [0, 0.05) is 13.1 Å². The summed E-state index contributed by atoms with van der Waals surface area (Å²) in [6.45, 7) is 2.34. The number of anilines is 1. The van der Waals surface area contributed by atoms with Gasteiger partial charge in [0.2, 0.25) is 6.79 Å². The van der Waals surface area contributed by atoms with Crippen LogP contribution in [-0.2, 0) is 4.74 Å². The van der Waals surface area contributed by atoms with E-state index in [4.69, 9.17) is 14.2 Å². The van der Waals surface area contributed by atoms with E-state index < -0.39 is 24.4 Å². The average molecular weight is 376 g/mol. The van der Waals surface area contributed by atoms with Crippen LogP contribution in [0.3, 0.4) is 0 Å². The number of nitrogens with zero attached hydrogens (tertiary/aromatic N) is 1. The topological polar surface area (TPSA) is 121 Å². The predicted octanol–water partition coefficient (Wildman–Crippen LogP) is -1.16. The largest absolute Gasteiger partial charge is 0.453 e. The molecule has 9 heteroatoms. The van der Waals surface area contributed by atoms with Gasteiger partial charge in [-0.3, -0.25) is 4.79 Å². The molecule has 3 heterocycles. The second-order valence-corrected chi connectivity index (χ2v) is 7.03. The lowest BCUT2D eigenvalue weighted by molar-refractivity contribution is -0.0534. The van der Waals surface area contributed by atoms with Gasteiger partial charge in [-0.05, 0) is 23.3 Å². The standard InChI is InChI=1S/C18H20N2O7/c21-10-5-9-8-6-11-17(27-7-26-11)14(20-1-3-25-4-2-20)12(8)18(24)19-13(9)16(23)15(10)22/h5-6,10,13,15-16,21-23H,1-4,7H2,(H,19,24)/t10-,13+,15+,16-/m0/s1. The fraction of sp³-hybridized carbons (Fsp3) is 0.500. The summed E-state index contributed by atoms with van der Waals surface area (Å²) in [5, 5.41) is 33.2. The summed E-state index contributed by atoms with van der Waals surface area (Å²) in [5.74, 6) is 0.663. The molecular formula is C18H20N2O7. The Kier molecular flexibility index (Phi) is 3.80. The third kappa shape index (κ3) is 2.43. The van der Waals surface area contributed by atoms with Crippen LogP contribution in [-0.4, -0.2) is 78.7 Å². The average Bonchev–Trinajstić information content (AvgIpc) is 3.15. The van der Waals surface area contributed by atoms with Gasteiger partial charge in [0.25, 0.3) is 5.91 Å². The Hall–Kier alpha value is -2.33. The first-order valence-corrected chi connectivity index (χ1v) is 8.92. The molecule has 0 unspecified atom stereocenters. The van der Waals surface area contributed by atoms with Crippen LogP contribution in [0.2, 0.25) is 0 Å². The first-order valence-electron chi connectivity index (χ1n) is 8.92. The number of amides is 1. The molecule has 1 amide bonds. The van der Waals surface area contributed by atoms with Crippen LogP contribution in [0.5, 0.6) is 11.5 Å². The fourth-order valence-electron chi connectivity index (χ4n) is 4.17. The molecule has 0 aromatic heterocycles. The van der Waals surface area contributed by atoms with Crippen LogP contribution in [0.4, 0.5) is 5.69 Å². The number of aliphatic hydroxyl groups is 3. The van der Waals surface area contributed by atoms with Gasteiger partial charge in [-0.25, -0.2) is 0 Å². The maximum Gasteiger partial charge on any atom is 0.254 e. The van der Waals surface area contributed by atoms with Gasteiger partial charge in [-0.15, -0.1) is 0 Å². The van der Waals surface area contributed by atoms with Crippen LogP contribution in [0.25, 0.3) is 5.57 Å². The van der Waals surface area contributed by atoms with Gasteiger partial charge in [0.1, 0.15) is 18.3 Å². The van der Waals surface area contributed by atoms with Crippen molar-refractivity contribution in [3.63, 3.8) is 0 Å². The highest BCUT2D eigenvalue weighted by molar-refractivity contribution is 6.10. The number of hydrogen-bond donors (Lipinski definition) is 4. The number of rotatable bonds is 1. The minimum atomic E-state index is -1.37. The molecular weight excluding hydrogens is 356 g/mol. The molecule has 0 radical (unpaired) electrons. The van der Waals surface area contributed by atoms with Gasteiger partial charge in [0.15, 0.2) is 11.5 Å². The molecule has 0 saturated carbocycles. The second-order valence-electron chi connectivity index (χ2n) is 7.03. The third-order valence-corrected chi connectivity index (χ3v) is 5.52. The van der Waals surface area contributed by atoms with E-state index in [-0.39, 0.29) is 12.7 Å². The van der Waals surface area contributed by atoms with Crippen molar-refractivity contribution >= 4 is 17.2 Å². The molecule has 4 atom stereocenters. The molecule has 1 aromatic carbocycles. The molecule has 1 saturated heterocycles. The molecule has 4 aliphatic rings. The normalized spacial score (nSPS) is 31.7. The number of nitrogens with one attached hydrogen (secondary N) is 1. The Morgan fingerprint density at radius 3 is 2.67 bits per heavy atom. The molecule has 1 fully saturated rings. The number of carbonyl (C=O) groups excluding carboxylic acids is 1. The number of fused-ring (bicyclic) bond motifs is 4. The highest BCUT2D eigenvalue weighted by Gasteiger charge is 2.45. The van der Waals surface area contributed by atoms with E-state index in [1.807, 2.05) is 4.90 Å². The van der Waals surface area contributed by atoms with E-state index in [1.165, 1.54) is 6.08 Å². The highest BCUT2D eigenvalue weighted by Crippen LogP contribution is 2.49. The lowest BCUT2D eigenvalue weighted by Crippen LogP contribution is -2.57.